The number of benzene rings is 1. The Labute approximate surface area is 101 Å². The molecule has 0 fully saturated rings. The van der Waals surface area contributed by atoms with Gasteiger partial charge in [0, 0.05) is 0 Å². The second-order valence-corrected chi connectivity index (χ2v) is 3.95. The summed E-state index contributed by atoms with van der Waals surface area (Å²) in [6.07, 6.45) is -4.33. The summed E-state index contributed by atoms with van der Waals surface area (Å²) in [6, 6.07) is 6.31. The summed E-state index contributed by atoms with van der Waals surface area (Å²) < 4.78 is 38.5. The van der Waals surface area contributed by atoms with E-state index in [1.807, 2.05) is 0 Å². The van der Waals surface area contributed by atoms with Crippen LogP contribution in [0.4, 0.5) is 13.2 Å². The van der Waals surface area contributed by atoms with Crippen LogP contribution in [0, 0.1) is 6.92 Å². The van der Waals surface area contributed by atoms with Crippen molar-refractivity contribution in [2.45, 2.75) is 13.1 Å². The Balaban J connectivity index is 2.39. The van der Waals surface area contributed by atoms with Crippen LogP contribution in [0.5, 0.6) is 0 Å². The number of hydrogen-bond acceptors (Lipinski definition) is 1. The standard InChI is InChI=1S/C11H8ClF3N2/c1-7-6-10(12)17(16-7)9-4-2-8(3-5-9)11(13,14)15/h2-6H,1H3. The van der Waals surface area contributed by atoms with Crippen LogP contribution in [0.2, 0.25) is 5.15 Å². The summed E-state index contributed by atoms with van der Waals surface area (Å²) in [5.74, 6) is 0. The van der Waals surface area contributed by atoms with Gasteiger partial charge in [0.25, 0.3) is 0 Å². The molecule has 1 aromatic carbocycles. The fraction of sp³-hybridized carbons (Fsp3) is 0.182. The van der Waals surface area contributed by atoms with Crippen molar-refractivity contribution >= 4 is 11.6 Å². The molecule has 2 aromatic rings. The van der Waals surface area contributed by atoms with Crippen molar-refractivity contribution in [3.05, 3.63) is 46.7 Å². The number of hydrogen-bond donors (Lipinski definition) is 0. The van der Waals surface area contributed by atoms with Gasteiger partial charge in [-0.15, -0.1) is 0 Å². The van der Waals surface area contributed by atoms with Crippen LogP contribution < -0.4 is 0 Å². The topological polar surface area (TPSA) is 17.8 Å². The third kappa shape index (κ3) is 2.44. The molecule has 2 rings (SSSR count). The molecule has 0 bridgehead atoms. The summed E-state index contributed by atoms with van der Waals surface area (Å²) in [5.41, 5.74) is 0.507. The van der Waals surface area contributed by atoms with Crippen LogP contribution in [0.1, 0.15) is 11.3 Å². The zero-order valence-corrected chi connectivity index (χ0v) is 9.55. The highest BCUT2D eigenvalue weighted by molar-refractivity contribution is 6.29. The molecule has 0 saturated carbocycles. The number of aryl methyl sites for hydroxylation is 1. The molecule has 6 heteroatoms. The van der Waals surface area contributed by atoms with E-state index in [9.17, 15) is 13.2 Å². The van der Waals surface area contributed by atoms with Gasteiger partial charge in [0.15, 0.2) is 0 Å². The van der Waals surface area contributed by atoms with Gasteiger partial charge < -0.3 is 0 Å². The average Bonchev–Trinajstić information content (AvgIpc) is 2.57. The molecule has 1 aromatic heterocycles. The van der Waals surface area contributed by atoms with E-state index < -0.39 is 11.7 Å². The van der Waals surface area contributed by atoms with Gasteiger partial charge in [0.1, 0.15) is 5.15 Å². The van der Waals surface area contributed by atoms with E-state index in [1.54, 1.807) is 13.0 Å². The van der Waals surface area contributed by atoms with Crippen molar-refractivity contribution in [3.63, 3.8) is 0 Å². The number of rotatable bonds is 1. The smallest absolute Gasteiger partial charge is 0.222 e. The first-order valence-electron chi connectivity index (χ1n) is 4.78. The lowest BCUT2D eigenvalue weighted by molar-refractivity contribution is -0.137. The number of nitrogens with zero attached hydrogens (tertiary/aromatic N) is 2. The molecular formula is C11H8ClF3N2. The summed E-state index contributed by atoms with van der Waals surface area (Å²) >= 11 is 5.89. The fourth-order valence-electron chi connectivity index (χ4n) is 1.44. The Morgan fingerprint density at radius 2 is 1.76 bits per heavy atom. The van der Waals surface area contributed by atoms with Crippen LogP contribution >= 0.6 is 11.6 Å². The van der Waals surface area contributed by atoms with E-state index in [0.717, 1.165) is 12.1 Å². The van der Waals surface area contributed by atoms with Gasteiger partial charge in [0.2, 0.25) is 0 Å². The van der Waals surface area contributed by atoms with Crippen molar-refractivity contribution < 1.29 is 13.2 Å². The average molecular weight is 261 g/mol. The highest BCUT2D eigenvalue weighted by atomic mass is 35.5. The summed E-state index contributed by atoms with van der Waals surface area (Å²) in [6.45, 7) is 1.76. The Bertz CT molecular complexity index is 529. The maximum Gasteiger partial charge on any atom is 0.416 e. The molecule has 0 saturated heterocycles. The Morgan fingerprint density at radius 3 is 2.18 bits per heavy atom. The molecule has 0 spiro atoms. The van der Waals surface area contributed by atoms with E-state index in [4.69, 9.17) is 11.6 Å². The van der Waals surface area contributed by atoms with Gasteiger partial charge in [-0.3, -0.25) is 0 Å². The van der Waals surface area contributed by atoms with E-state index in [2.05, 4.69) is 5.10 Å². The molecule has 0 aliphatic heterocycles. The first kappa shape index (κ1) is 12.0. The van der Waals surface area contributed by atoms with E-state index >= 15 is 0 Å². The summed E-state index contributed by atoms with van der Waals surface area (Å²) in [4.78, 5) is 0. The number of aromatic nitrogens is 2. The molecular weight excluding hydrogens is 253 g/mol. The van der Waals surface area contributed by atoms with Crippen LogP contribution in [-0.4, -0.2) is 9.78 Å². The predicted octanol–water partition coefficient (Wildman–Crippen LogP) is 3.85. The predicted molar refractivity (Wildman–Crippen MR) is 58.3 cm³/mol. The molecule has 0 atom stereocenters. The van der Waals surface area contributed by atoms with Gasteiger partial charge in [-0.25, -0.2) is 4.68 Å². The van der Waals surface area contributed by atoms with Crippen LogP contribution in [-0.2, 0) is 6.18 Å². The van der Waals surface area contributed by atoms with E-state index in [-0.39, 0.29) is 0 Å². The lowest BCUT2D eigenvalue weighted by Crippen LogP contribution is -2.05. The maximum absolute atomic E-state index is 12.4. The quantitative estimate of drug-likeness (QED) is 0.761. The molecule has 17 heavy (non-hydrogen) atoms. The molecule has 0 aliphatic rings. The van der Waals surface area contributed by atoms with Gasteiger partial charge >= 0.3 is 6.18 Å². The SMILES string of the molecule is Cc1cc(Cl)n(-c2ccc(C(F)(F)F)cc2)n1. The third-order valence-corrected chi connectivity index (χ3v) is 2.50. The Kier molecular flexibility index (Phi) is 2.87. The van der Waals surface area contributed by atoms with Gasteiger partial charge in [0.05, 0.1) is 16.9 Å². The second kappa shape index (κ2) is 4.07. The molecule has 0 unspecified atom stereocenters. The number of halogens is 4. The van der Waals surface area contributed by atoms with Gasteiger partial charge in [-0.1, -0.05) is 11.6 Å². The zero-order chi connectivity index (χ0) is 12.6. The highest BCUT2D eigenvalue weighted by Gasteiger charge is 2.30. The summed E-state index contributed by atoms with van der Waals surface area (Å²) in [5, 5.41) is 4.44. The molecule has 0 aliphatic carbocycles. The minimum atomic E-state index is -4.33. The minimum absolute atomic E-state index is 0.363. The normalized spacial score (nSPS) is 11.8. The van der Waals surface area contributed by atoms with E-state index in [0.29, 0.717) is 16.5 Å². The molecule has 0 amide bonds. The van der Waals surface area contributed by atoms with Crippen molar-refractivity contribution in [1.82, 2.24) is 9.78 Å². The van der Waals surface area contributed by atoms with Gasteiger partial charge in [-0.2, -0.15) is 18.3 Å². The molecule has 0 N–H and O–H groups in total. The van der Waals surface area contributed by atoms with Crippen molar-refractivity contribution in [1.29, 1.82) is 0 Å². The maximum atomic E-state index is 12.4. The largest absolute Gasteiger partial charge is 0.416 e. The van der Waals surface area contributed by atoms with Crippen molar-refractivity contribution in [2.75, 3.05) is 0 Å². The second-order valence-electron chi connectivity index (χ2n) is 3.56. The van der Waals surface area contributed by atoms with Gasteiger partial charge in [-0.05, 0) is 37.3 Å². The zero-order valence-electron chi connectivity index (χ0n) is 8.79. The Morgan fingerprint density at radius 1 is 1.18 bits per heavy atom. The van der Waals surface area contributed by atoms with E-state index in [1.165, 1.54) is 16.8 Å². The third-order valence-electron chi connectivity index (χ3n) is 2.23. The van der Waals surface area contributed by atoms with Crippen LogP contribution in [0.25, 0.3) is 5.69 Å². The minimum Gasteiger partial charge on any atom is -0.222 e. The monoisotopic (exact) mass is 260 g/mol. The van der Waals surface area contributed by atoms with Crippen molar-refractivity contribution in [2.24, 2.45) is 0 Å². The van der Waals surface area contributed by atoms with Crippen molar-refractivity contribution in [3.8, 4) is 5.69 Å². The Hall–Kier alpha value is -1.49. The molecule has 2 nitrogen and oxygen atoms in total. The van der Waals surface area contributed by atoms with Crippen LogP contribution in [0.3, 0.4) is 0 Å². The lowest BCUT2D eigenvalue weighted by Gasteiger charge is -2.08. The van der Waals surface area contributed by atoms with Crippen LogP contribution in [0.15, 0.2) is 30.3 Å². The fourth-order valence-corrected chi connectivity index (χ4v) is 1.73. The first-order chi connectivity index (χ1) is 7.88. The highest BCUT2D eigenvalue weighted by Crippen LogP contribution is 2.29. The number of alkyl halides is 3. The first-order valence-corrected chi connectivity index (χ1v) is 5.15. The lowest BCUT2D eigenvalue weighted by atomic mass is 10.2. The molecule has 90 valence electrons. The molecule has 0 radical (unpaired) electrons. The summed E-state index contributed by atoms with van der Waals surface area (Å²) in [7, 11) is 0. The molecule has 1 heterocycles.